The predicted molar refractivity (Wildman–Crippen MR) is 606 cm³/mol. The van der Waals surface area contributed by atoms with Gasteiger partial charge in [0.2, 0.25) is 0 Å². The first-order valence-electron chi connectivity index (χ1n) is 49.9. The van der Waals surface area contributed by atoms with Crippen LogP contribution < -0.4 is 0 Å². The van der Waals surface area contributed by atoms with Gasteiger partial charge in [-0.25, -0.2) is 0 Å². The third-order valence-corrected chi connectivity index (χ3v) is 33.4. The molecule has 30 aromatic rings. The predicted octanol–water partition coefficient (Wildman–Crippen LogP) is 35.8. The fraction of sp³-hybridized carbons (Fsp3) is 0.0294. The lowest BCUT2D eigenvalue weighted by Crippen LogP contribution is -2.26. The molecule has 144 heavy (non-hydrogen) atoms. The summed E-state index contributed by atoms with van der Waals surface area (Å²) in [5, 5.41) is 20.4. The molecule has 0 atom stereocenters. The van der Waals surface area contributed by atoms with Crippen molar-refractivity contribution in [3.05, 3.63) is 525 Å². The van der Waals surface area contributed by atoms with Crippen molar-refractivity contribution in [3.63, 3.8) is 0 Å². The molecule has 3 aliphatic carbocycles. The summed E-state index contributed by atoms with van der Waals surface area (Å²) in [6.45, 7) is 4.71. The zero-order valence-electron chi connectivity index (χ0n) is 78.8. The Morgan fingerprint density at radius 2 is 0.347 bits per heavy atom. The van der Waals surface area contributed by atoms with E-state index in [2.05, 4.69) is 537 Å². The Morgan fingerprint density at radius 3 is 0.660 bits per heavy atom. The lowest BCUT2D eigenvalue weighted by atomic mass is 9.70. The van der Waals surface area contributed by atoms with Crippen molar-refractivity contribution in [2.24, 2.45) is 0 Å². The van der Waals surface area contributed by atoms with E-state index in [4.69, 9.17) is 0 Å². The third-order valence-electron chi connectivity index (χ3n) is 32.1. The average Bonchev–Trinajstić information content (AvgIpc) is 1.50. The highest BCUT2D eigenvalue weighted by Crippen LogP contribution is 2.64. The highest BCUT2D eigenvalue weighted by Gasteiger charge is 2.52. The van der Waals surface area contributed by atoms with Crippen LogP contribution in [-0.4, -0.2) is 32.0 Å². The minimum Gasteiger partial charge on any atom is -0.309 e. The van der Waals surface area contributed by atoms with E-state index in [-0.39, 0.29) is 10.8 Å². The third kappa shape index (κ3) is 11.2. The van der Waals surface area contributed by atoms with Gasteiger partial charge in [-0.05, 0) is 206 Å². The molecule has 8 heteroatoms. The molecule has 0 saturated heterocycles. The van der Waals surface area contributed by atoms with E-state index in [0.29, 0.717) is 0 Å². The van der Waals surface area contributed by atoms with Gasteiger partial charge in [0.05, 0.1) is 103 Å². The van der Waals surface area contributed by atoms with Gasteiger partial charge in [0, 0.05) is 120 Å². The number of hydrogen-bond acceptors (Lipinski definition) is 1. The van der Waals surface area contributed by atoms with Gasteiger partial charge in [0.15, 0.2) is 0 Å². The number of nitrogens with zero attached hydrogens (tertiary/aromatic N) is 7. The molecule has 0 aliphatic heterocycles. The van der Waals surface area contributed by atoms with Crippen molar-refractivity contribution < 1.29 is 0 Å². The van der Waals surface area contributed by atoms with Crippen LogP contribution in [0.25, 0.3) is 246 Å². The molecule has 1 spiro atoms. The van der Waals surface area contributed by atoms with Crippen LogP contribution in [0.3, 0.4) is 0 Å². The van der Waals surface area contributed by atoms with Crippen LogP contribution in [0, 0.1) is 0 Å². The monoisotopic (exact) mass is 1850 g/mol. The lowest BCUT2D eigenvalue weighted by molar-refractivity contribution is 0.660. The second kappa shape index (κ2) is 30.6. The minimum atomic E-state index is -0.387. The van der Waals surface area contributed by atoms with Crippen molar-refractivity contribution in [1.29, 1.82) is 0 Å². The summed E-state index contributed by atoms with van der Waals surface area (Å²) in [6, 6.07) is 181. The Balaban J connectivity index is 0.0000000994. The summed E-state index contributed by atoms with van der Waals surface area (Å²) >= 11 is 1.90. The van der Waals surface area contributed by atoms with Gasteiger partial charge in [0.25, 0.3) is 0 Å². The number of fused-ring (bicyclic) bond motifs is 37. The molecule has 0 unspecified atom stereocenters. The number of rotatable bonds is 7. The Hall–Kier alpha value is -18.3. The minimum absolute atomic E-state index is 0.0468. The normalized spacial score (nSPS) is 13.2. The quantitative estimate of drug-likeness (QED) is 0.152. The van der Waals surface area contributed by atoms with Gasteiger partial charge in [-0.3, -0.25) is 0 Å². The molecule has 0 saturated carbocycles. The van der Waals surface area contributed by atoms with E-state index in [1.165, 1.54) is 268 Å². The molecule has 0 amide bonds. The van der Waals surface area contributed by atoms with E-state index in [0.717, 1.165) is 11.4 Å². The standard InChI is InChI=1S/C49H30N2.C48H29N3S.C39H28N2/c1-7-19-41-33(13-1)34-14-2-8-20-42(34)49(41)43-21-9-3-15-35(43)36-27-25-31(29-44(36)49)51-47-24-12-6-18-39(47)40-28-26-32(30-48(40)51)50-45-22-10-4-16-37(45)38-17-5-11-23-46(38)50;1-6-20-39-31(13-1)32-14-2-7-21-40(32)49(39)30-27-28-36-35-17-5-10-24-43(35)51(46(36)29-30)45-26-12-19-38-37-18-11-25-44(47(37)52-48(38)45)50-41-22-8-3-15-33(41)34-16-4-9-23-42(34)50;1-39(2)33-15-7-3-11-27(33)28-21-19-25(23-34(28)39)41-37-18-10-6-14-31(37)32-22-20-26(24-38(32)41)40-35-16-8-4-12-29(35)30-13-5-9-17-36(30)40/h1-30H;1-29H;3-24H,1-2H3. The van der Waals surface area contributed by atoms with Crippen LogP contribution >= 0.6 is 11.3 Å². The van der Waals surface area contributed by atoms with E-state index in [1.807, 2.05) is 11.3 Å². The smallest absolute Gasteiger partial charge is 0.0726 e. The van der Waals surface area contributed by atoms with Gasteiger partial charge >= 0.3 is 0 Å². The molecule has 22 aromatic carbocycles. The van der Waals surface area contributed by atoms with Crippen molar-refractivity contribution in [2.45, 2.75) is 24.7 Å². The zero-order valence-corrected chi connectivity index (χ0v) is 79.6. The van der Waals surface area contributed by atoms with Gasteiger partial charge in [-0.15, -0.1) is 11.3 Å². The van der Waals surface area contributed by atoms with E-state index < -0.39 is 0 Å². The Kier molecular flexibility index (Phi) is 17.1. The number of aromatic nitrogens is 7. The Bertz CT molecular complexity index is 10500. The molecule has 672 valence electrons. The van der Waals surface area contributed by atoms with Crippen molar-refractivity contribution in [2.75, 3.05) is 0 Å². The molecule has 33 rings (SSSR count). The van der Waals surface area contributed by atoms with Gasteiger partial charge < -0.3 is 32.0 Å². The van der Waals surface area contributed by atoms with Gasteiger partial charge in [-0.2, -0.15) is 0 Å². The van der Waals surface area contributed by atoms with E-state index >= 15 is 0 Å². The molecular weight excluding hydrogens is 1760 g/mol. The largest absolute Gasteiger partial charge is 0.309 e. The molecule has 0 fully saturated rings. The topological polar surface area (TPSA) is 34.5 Å². The Labute approximate surface area is 832 Å². The number of para-hydroxylation sites is 11. The molecular formula is C136H87N7S. The highest BCUT2D eigenvalue weighted by molar-refractivity contribution is 7.26. The second-order valence-electron chi connectivity index (χ2n) is 39.6. The first kappa shape index (κ1) is 80.6. The van der Waals surface area contributed by atoms with Crippen LogP contribution in [0.4, 0.5) is 0 Å². The molecule has 8 aromatic heterocycles. The molecule has 7 nitrogen and oxygen atoms in total. The fourth-order valence-corrected chi connectivity index (χ4v) is 27.4. The molecule has 8 heterocycles. The van der Waals surface area contributed by atoms with Crippen LogP contribution in [0.15, 0.2) is 491 Å². The first-order chi connectivity index (χ1) is 71.3. The maximum absolute atomic E-state index is 2.50. The maximum atomic E-state index is 2.50. The summed E-state index contributed by atoms with van der Waals surface area (Å²) in [4.78, 5) is 0. The number of thiophene rings is 1. The summed E-state index contributed by atoms with van der Waals surface area (Å²) in [7, 11) is 0. The van der Waals surface area contributed by atoms with Crippen LogP contribution in [0.1, 0.15) is 47.2 Å². The van der Waals surface area contributed by atoms with Crippen molar-refractivity contribution in [3.8, 4) is 73.2 Å². The van der Waals surface area contributed by atoms with Gasteiger partial charge in [-0.1, -0.05) is 366 Å². The van der Waals surface area contributed by atoms with Crippen LogP contribution in [0.2, 0.25) is 0 Å². The summed E-state index contributed by atoms with van der Waals surface area (Å²) < 4.78 is 19.7. The average molecular weight is 1850 g/mol. The first-order valence-corrected chi connectivity index (χ1v) is 50.8. The zero-order chi connectivity index (χ0) is 94.5. The van der Waals surface area contributed by atoms with Crippen LogP contribution in [-0.2, 0) is 10.8 Å². The summed E-state index contributed by atoms with van der Waals surface area (Å²) in [5.74, 6) is 0. The Morgan fingerprint density at radius 1 is 0.146 bits per heavy atom. The highest BCUT2D eigenvalue weighted by atomic mass is 32.1. The number of benzene rings is 22. The lowest BCUT2D eigenvalue weighted by Gasteiger charge is -2.30. The second-order valence-corrected chi connectivity index (χ2v) is 40.6. The molecule has 0 N–H and O–H groups in total. The van der Waals surface area contributed by atoms with E-state index in [1.54, 1.807) is 0 Å². The van der Waals surface area contributed by atoms with Crippen molar-refractivity contribution in [1.82, 2.24) is 32.0 Å². The summed E-state index contributed by atoms with van der Waals surface area (Å²) in [5.41, 5.74) is 41.2. The molecule has 0 bridgehead atoms. The molecule has 3 aliphatic rings. The number of hydrogen-bond donors (Lipinski definition) is 0. The molecule has 0 radical (unpaired) electrons. The van der Waals surface area contributed by atoms with Gasteiger partial charge in [0.1, 0.15) is 0 Å². The SMILES string of the molecule is CC1(C)c2ccccc2-c2ccc(-n3c4ccccc4c4ccc(-n5c6ccccc6c6ccccc65)cc43)cc21.c1cc(-n2c3ccccc3c3ccccc32)c2sc3c(-n4c5ccccc5c5ccc(-n6c7ccccc7c7ccccc76)cc54)cccc3c2c1.c1ccc2c(c1)-c1ccccc1C21c2ccccc2-c2ccc(-n3c4ccccc4c4ccc(-n5c6ccccc6c6ccccc65)cc43)cc21. The van der Waals surface area contributed by atoms with Crippen molar-refractivity contribution >= 4 is 184 Å². The van der Waals surface area contributed by atoms with Crippen LogP contribution in [0.5, 0.6) is 0 Å². The maximum Gasteiger partial charge on any atom is 0.0726 e. The fourth-order valence-electron chi connectivity index (χ4n) is 26.1. The van der Waals surface area contributed by atoms with E-state index in [9.17, 15) is 0 Å². The summed E-state index contributed by atoms with van der Waals surface area (Å²) in [6.07, 6.45) is 0.